The van der Waals surface area contributed by atoms with E-state index >= 15 is 0 Å². The highest BCUT2D eigenvalue weighted by molar-refractivity contribution is 6.02. The molecule has 0 aromatic heterocycles. The maximum atomic E-state index is 13.2. The van der Waals surface area contributed by atoms with Crippen LogP contribution in [0.2, 0.25) is 0 Å². The molecule has 0 saturated carbocycles. The average molecular weight is 431 g/mol. The summed E-state index contributed by atoms with van der Waals surface area (Å²) in [6.07, 6.45) is 0.0476. The number of methoxy groups -OCH3 is 1. The fourth-order valence-corrected chi connectivity index (χ4v) is 4.67. The second-order valence-electron chi connectivity index (χ2n) is 8.76. The summed E-state index contributed by atoms with van der Waals surface area (Å²) in [7, 11) is 1.73. The van der Waals surface area contributed by atoms with Gasteiger partial charge in [0.05, 0.1) is 25.4 Å². The predicted octanol–water partition coefficient (Wildman–Crippen LogP) is 4.37. The number of nitrogens with zero attached hydrogens (tertiary/aromatic N) is 2. The maximum absolute atomic E-state index is 13.2. The van der Waals surface area contributed by atoms with Crippen molar-refractivity contribution >= 4 is 16.7 Å². The van der Waals surface area contributed by atoms with Gasteiger partial charge in [-0.15, -0.1) is 0 Å². The van der Waals surface area contributed by atoms with Gasteiger partial charge in [0.2, 0.25) is 0 Å². The van der Waals surface area contributed by atoms with Gasteiger partial charge in [-0.3, -0.25) is 9.69 Å². The van der Waals surface area contributed by atoms with Crippen molar-refractivity contribution in [3.05, 3.63) is 71.8 Å². The monoisotopic (exact) mass is 430 g/mol. The molecule has 5 heteroatoms. The number of amides is 1. The van der Waals surface area contributed by atoms with E-state index in [0.29, 0.717) is 6.04 Å². The molecule has 0 radical (unpaired) electrons. The number of carbonyl (C=O) groups excluding carboxylic acids is 1. The third kappa shape index (κ3) is 4.04. The van der Waals surface area contributed by atoms with Crippen molar-refractivity contribution in [1.29, 1.82) is 0 Å². The van der Waals surface area contributed by atoms with Crippen molar-refractivity contribution in [2.75, 3.05) is 46.5 Å². The normalized spacial score (nSPS) is 18.5. The first kappa shape index (κ1) is 21.1. The minimum atomic E-state index is 0.0476. The molecule has 32 heavy (non-hydrogen) atoms. The minimum absolute atomic E-state index is 0.0476. The first-order chi connectivity index (χ1) is 15.6. The first-order valence-corrected chi connectivity index (χ1v) is 11.4. The summed E-state index contributed by atoms with van der Waals surface area (Å²) >= 11 is 0. The Balaban J connectivity index is 1.38. The smallest absolute Gasteiger partial charge is 0.253 e. The van der Waals surface area contributed by atoms with E-state index in [0.717, 1.165) is 66.9 Å². The fraction of sp³-hybridized carbons (Fsp3) is 0.370. The van der Waals surface area contributed by atoms with Gasteiger partial charge in [-0.2, -0.15) is 0 Å². The molecule has 2 fully saturated rings. The van der Waals surface area contributed by atoms with E-state index in [9.17, 15) is 4.79 Å². The highest BCUT2D eigenvalue weighted by Gasteiger charge is 2.30. The van der Waals surface area contributed by atoms with Crippen molar-refractivity contribution in [1.82, 2.24) is 9.80 Å². The van der Waals surface area contributed by atoms with Crippen LogP contribution in [0.5, 0.6) is 0 Å². The average Bonchev–Trinajstić information content (AvgIpc) is 2.82. The number of fused-ring (bicyclic) bond motifs is 1. The van der Waals surface area contributed by atoms with Crippen LogP contribution in [0.3, 0.4) is 0 Å². The van der Waals surface area contributed by atoms with Gasteiger partial charge in [0.15, 0.2) is 0 Å². The largest absolute Gasteiger partial charge is 0.378 e. The number of hydrogen-bond acceptors (Lipinski definition) is 4. The molecule has 1 amide bonds. The van der Waals surface area contributed by atoms with E-state index in [1.807, 2.05) is 17.0 Å². The van der Waals surface area contributed by atoms with E-state index in [-0.39, 0.29) is 12.0 Å². The molecule has 3 aromatic carbocycles. The molecular weight excluding hydrogens is 400 g/mol. The second kappa shape index (κ2) is 9.02. The Morgan fingerprint density at radius 3 is 2.50 bits per heavy atom. The lowest BCUT2D eigenvalue weighted by molar-refractivity contribution is -0.0746. The van der Waals surface area contributed by atoms with Crippen LogP contribution in [0.25, 0.3) is 21.9 Å². The van der Waals surface area contributed by atoms with E-state index in [1.165, 1.54) is 5.56 Å². The van der Waals surface area contributed by atoms with Crippen LogP contribution in [-0.4, -0.2) is 68.3 Å². The van der Waals surface area contributed by atoms with Crippen LogP contribution in [-0.2, 0) is 9.47 Å². The molecule has 5 rings (SSSR count). The minimum Gasteiger partial charge on any atom is -0.378 e. The number of carbonyl (C=O) groups is 1. The Bertz CT molecular complexity index is 1120. The summed E-state index contributed by atoms with van der Waals surface area (Å²) in [6.45, 7) is 7.11. The van der Waals surface area contributed by atoms with E-state index in [4.69, 9.17) is 9.47 Å². The lowest BCUT2D eigenvalue weighted by atomic mass is 9.95. The van der Waals surface area contributed by atoms with Gasteiger partial charge in [0.1, 0.15) is 0 Å². The van der Waals surface area contributed by atoms with Crippen molar-refractivity contribution in [3.63, 3.8) is 0 Å². The highest BCUT2D eigenvalue weighted by atomic mass is 16.5. The zero-order valence-electron chi connectivity index (χ0n) is 18.8. The molecule has 5 nitrogen and oxygen atoms in total. The molecule has 1 unspecified atom stereocenters. The summed E-state index contributed by atoms with van der Waals surface area (Å²) in [5.41, 5.74) is 4.24. The van der Waals surface area contributed by atoms with E-state index in [1.54, 1.807) is 7.11 Å². The van der Waals surface area contributed by atoms with Gasteiger partial charge in [0.25, 0.3) is 5.91 Å². The SMILES string of the molecule is COC(C)c1cccc(-c2cccc3cc(C(=O)N4CCN(C5COC5)CC4)ccc23)c1. The van der Waals surface area contributed by atoms with Crippen LogP contribution >= 0.6 is 0 Å². The maximum Gasteiger partial charge on any atom is 0.253 e. The molecule has 2 heterocycles. The number of rotatable bonds is 5. The Morgan fingerprint density at radius 2 is 1.78 bits per heavy atom. The molecule has 0 aliphatic carbocycles. The molecule has 0 spiro atoms. The topological polar surface area (TPSA) is 42.0 Å². The van der Waals surface area contributed by atoms with Crippen molar-refractivity contribution in [3.8, 4) is 11.1 Å². The standard InChI is InChI=1S/C27H30N2O3/c1-19(31-2)20-5-3-6-21(15-20)25-8-4-7-22-16-23(9-10-26(22)25)27(30)29-13-11-28(12-14-29)24-17-32-18-24/h3-10,15-16,19,24H,11-14,17-18H2,1-2H3. The summed E-state index contributed by atoms with van der Waals surface area (Å²) in [5.74, 6) is 0.123. The molecule has 166 valence electrons. The van der Waals surface area contributed by atoms with Crippen LogP contribution in [0.15, 0.2) is 60.7 Å². The zero-order chi connectivity index (χ0) is 22.1. The Morgan fingerprint density at radius 1 is 1.00 bits per heavy atom. The van der Waals surface area contributed by atoms with E-state index < -0.39 is 0 Å². The zero-order valence-corrected chi connectivity index (χ0v) is 18.8. The van der Waals surface area contributed by atoms with Gasteiger partial charge >= 0.3 is 0 Å². The lowest BCUT2D eigenvalue weighted by Crippen LogP contribution is -2.57. The van der Waals surface area contributed by atoms with E-state index in [2.05, 4.69) is 60.4 Å². The Hall–Kier alpha value is -2.73. The fourth-order valence-electron chi connectivity index (χ4n) is 4.67. The highest BCUT2D eigenvalue weighted by Crippen LogP contribution is 2.31. The number of ether oxygens (including phenoxy) is 2. The molecular formula is C27H30N2O3. The quantitative estimate of drug-likeness (QED) is 0.603. The summed E-state index contributed by atoms with van der Waals surface area (Å²) < 4.78 is 10.8. The third-order valence-corrected chi connectivity index (χ3v) is 6.89. The van der Waals surface area contributed by atoms with Crippen molar-refractivity contribution < 1.29 is 14.3 Å². The van der Waals surface area contributed by atoms with Crippen LogP contribution in [0.4, 0.5) is 0 Å². The van der Waals surface area contributed by atoms with Gasteiger partial charge in [-0.05, 0) is 52.6 Å². The van der Waals surface area contributed by atoms with Crippen molar-refractivity contribution in [2.24, 2.45) is 0 Å². The second-order valence-corrected chi connectivity index (χ2v) is 8.76. The molecule has 2 aliphatic heterocycles. The van der Waals surface area contributed by atoms with Crippen LogP contribution < -0.4 is 0 Å². The number of hydrogen-bond donors (Lipinski definition) is 0. The molecule has 2 aliphatic rings. The molecule has 3 aromatic rings. The van der Waals surface area contributed by atoms with Crippen molar-refractivity contribution in [2.45, 2.75) is 19.1 Å². The Kier molecular flexibility index (Phi) is 5.96. The van der Waals surface area contributed by atoms with Gasteiger partial charge in [-0.25, -0.2) is 0 Å². The number of piperazine rings is 1. The summed E-state index contributed by atoms with van der Waals surface area (Å²) in [5, 5.41) is 2.24. The molecule has 0 bridgehead atoms. The number of benzene rings is 3. The first-order valence-electron chi connectivity index (χ1n) is 11.4. The van der Waals surface area contributed by atoms with Gasteiger partial charge in [-0.1, -0.05) is 42.5 Å². The molecule has 0 N–H and O–H groups in total. The molecule has 1 atom stereocenters. The van der Waals surface area contributed by atoms with Gasteiger partial charge in [0, 0.05) is 38.9 Å². The summed E-state index contributed by atoms with van der Waals surface area (Å²) in [4.78, 5) is 17.6. The lowest BCUT2D eigenvalue weighted by Gasteiger charge is -2.42. The predicted molar refractivity (Wildman–Crippen MR) is 127 cm³/mol. The Labute approximate surface area is 189 Å². The van der Waals surface area contributed by atoms with Crippen LogP contribution in [0, 0.1) is 0 Å². The summed E-state index contributed by atoms with van der Waals surface area (Å²) in [6, 6.07) is 21.4. The molecule has 2 saturated heterocycles. The van der Waals surface area contributed by atoms with Crippen LogP contribution in [0.1, 0.15) is 28.9 Å². The third-order valence-electron chi connectivity index (χ3n) is 6.89. The van der Waals surface area contributed by atoms with Gasteiger partial charge < -0.3 is 14.4 Å².